The number of pyridine rings is 1. The van der Waals surface area contributed by atoms with Gasteiger partial charge in [-0.1, -0.05) is 12.1 Å². The van der Waals surface area contributed by atoms with Crippen LogP contribution in [0.15, 0.2) is 36.4 Å². The second-order valence-corrected chi connectivity index (χ2v) is 4.23. The van der Waals surface area contributed by atoms with Gasteiger partial charge in [-0.2, -0.15) is 0 Å². The fourth-order valence-electron chi connectivity index (χ4n) is 1.90. The molecule has 0 saturated heterocycles. The van der Waals surface area contributed by atoms with Gasteiger partial charge < -0.3 is 16.4 Å². The van der Waals surface area contributed by atoms with Crippen LogP contribution in [-0.2, 0) is 0 Å². The van der Waals surface area contributed by atoms with Gasteiger partial charge in [0.25, 0.3) is 0 Å². The number of rotatable bonds is 3. The van der Waals surface area contributed by atoms with Crippen LogP contribution in [0.3, 0.4) is 0 Å². The van der Waals surface area contributed by atoms with E-state index in [1.54, 1.807) is 6.07 Å². The highest BCUT2D eigenvalue weighted by Crippen LogP contribution is 2.26. The highest BCUT2D eigenvalue weighted by Gasteiger charge is 2.09. The Labute approximate surface area is 107 Å². The number of nitrogens with zero attached hydrogens (tertiary/aromatic N) is 2. The molecule has 2 rings (SSSR count). The monoisotopic (exact) mass is 242 g/mol. The molecule has 1 heterocycles. The first-order chi connectivity index (χ1) is 8.61. The van der Waals surface area contributed by atoms with Gasteiger partial charge in [0.1, 0.15) is 11.6 Å². The topological polar surface area (TPSA) is 68.2 Å². The van der Waals surface area contributed by atoms with E-state index in [2.05, 4.69) is 41.9 Å². The number of anilines is 4. The minimum Gasteiger partial charge on any atom is -0.396 e. The average Bonchev–Trinajstić information content (AvgIpc) is 2.35. The molecular weight excluding hydrogens is 224 g/mol. The quantitative estimate of drug-likeness (QED) is 0.868. The van der Waals surface area contributed by atoms with Crippen molar-refractivity contribution in [3.63, 3.8) is 0 Å². The molecular formula is C14H18N4. The van der Waals surface area contributed by atoms with Gasteiger partial charge >= 0.3 is 0 Å². The van der Waals surface area contributed by atoms with Crippen LogP contribution < -0.4 is 16.4 Å². The Balaban J connectivity index is 2.42. The van der Waals surface area contributed by atoms with Crippen LogP contribution in [0.4, 0.5) is 23.0 Å². The van der Waals surface area contributed by atoms with Gasteiger partial charge in [0, 0.05) is 12.2 Å². The van der Waals surface area contributed by atoms with Crippen LogP contribution in [0, 0.1) is 6.92 Å². The summed E-state index contributed by atoms with van der Waals surface area (Å²) < 4.78 is 0. The molecule has 0 fully saturated rings. The molecule has 0 aliphatic carbocycles. The van der Waals surface area contributed by atoms with Gasteiger partial charge in [-0.3, -0.25) is 0 Å². The molecule has 0 bridgehead atoms. The van der Waals surface area contributed by atoms with E-state index < -0.39 is 0 Å². The fraction of sp³-hybridized carbons (Fsp3) is 0.214. The molecule has 1 aromatic heterocycles. The molecule has 18 heavy (non-hydrogen) atoms. The summed E-state index contributed by atoms with van der Waals surface area (Å²) in [5, 5.41) is 0. The Kier molecular flexibility index (Phi) is 3.37. The van der Waals surface area contributed by atoms with Gasteiger partial charge in [0.15, 0.2) is 0 Å². The maximum atomic E-state index is 5.76. The van der Waals surface area contributed by atoms with Crippen molar-refractivity contribution in [2.45, 2.75) is 13.8 Å². The van der Waals surface area contributed by atoms with E-state index in [0.717, 1.165) is 18.1 Å². The molecule has 0 aliphatic heterocycles. The number of hydrogen-bond acceptors (Lipinski definition) is 4. The molecule has 0 saturated carbocycles. The fourth-order valence-corrected chi connectivity index (χ4v) is 1.90. The lowest BCUT2D eigenvalue weighted by Gasteiger charge is -2.23. The minimum absolute atomic E-state index is 0.374. The first-order valence-electron chi connectivity index (χ1n) is 5.98. The van der Waals surface area contributed by atoms with Crippen LogP contribution in [-0.4, -0.2) is 11.5 Å². The van der Waals surface area contributed by atoms with Crippen molar-refractivity contribution in [1.29, 1.82) is 0 Å². The van der Waals surface area contributed by atoms with Crippen molar-refractivity contribution < 1.29 is 0 Å². The van der Waals surface area contributed by atoms with Gasteiger partial charge in [0.2, 0.25) is 0 Å². The number of aromatic nitrogens is 1. The van der Waals surface area contributed by atoms with E-state index in [1.165, 1.54) is 5.56 Å². The smallest absolute Gasteiger partial charge is 0.149 e. The van der Waals surface area contributed by atoms with Gasteiger partial charge in [-0.25, -0.2) is 4.98 Å². The molecule has 0 amide bonds. The summed E-state index contributed by atoms with van der Waals surface area (Å²) >= 11 is 0. The van der Waals surface area contributed by atoms with E-state index in [4.69, 9.17) is 11.5 Å². The molecule has 0 radical (unpaired) electrons. The number of aryl methyl sites for hydroxylation is 1. The zero-order valence-electron chi connectivity index (χ0n) is 10.7. The lowest BCUT2D eigenvalue weighted by Crippen LogP contribution is -2.18. The van der Waals surface area contributed by atoms with Crippen LogP contribution in [0.1, 0.15) is 12.5 Å². The minimum atomic E-state index is 0.374. The third-order valence-corrected chi connectivity index (χ3v) is 2.85. The van der Waals surface area contributed by atoms with E-state index in [-0.39, 0.29) is 0 Å². The predicted molar refractivity (Wildman–Crippen MR) is 76.9 cm³/mol. The predicted octanol–water partition coefficient (Wildman–Crippen LogP) is 2.71. The van der Waals surface area contributed by atoms with Crippen molar-refractivity contribution in [3.8, 4) is 0 Å². The summed E-state index contributed by atoms with van der Waals surface area (Å²) in [6.45, 7) is 4.97. The Morgan fingerprint density at radius 2 is 1.94 bits per heavy atom. The Morgan fingerprint density at radius 1 is 1.17 bits per heavy atom. The summed E-state index contributed by atoms with van der Waals surface area (Å²) in [6, 6.07) is 12.0. The zero-order valence-corrected chi connectivity index (χ0v) is 10.7. The third-order valence-electron chi connectivity index (χ3n) is 2.85. The third kappa shape index (κ3) is 2.37. The summed E-state index contributed by atoms with van der Waals surface area (Å²) in [5.41, 5.74) is 14.3. The Morgan fingerprint density at radius 3 is 2.56 bits per heavy atom. The largest absolute Gasteiger partial charge is 0.396 e. The summed E-state index contributed by atoms with van der Waals surface area (Å²) in [6.07, 6.45) is 0. The van der Waals surface area contributed by atoms with E-state index in [0.29, 0.717) is 11.5 Å². The average molecular weight is 242 g/mol. The lowest BCUT2D eigenvalue weighted by molar-refractivity contribution is 0.991. The Bertz CT molecular complexity index is 551. The molecule has 94 valence electrons. The molecule has 0 aliphatic rings. The maximum absolute atomic E-state index is 5.76. The summed E-state index contributed by atoms with van der Waals surface area (Å²) in [7, 11) is 0. The van der Waals surface area contributed by atoms with Crippen molar-refractivity contribution in [2.75, 3.05) is 22.9 Å². The second kappa shape index (κ2) is 4.96. The molecule has 0 atom stereocenters. The molecule has 0 unspecified atom stereocenters. The molecule has 4 N–H and O–H groups in total. The van der Waals surface area contributed by atoms with Crippen LogP contribution >= 0.6 is 0 Å². The SMILES string of the molecule is CCN(c1cccc(C)c1)c1ccc(N)c(N)n1. The van der Waals surface area contributed by atoms with Crippen LogP contribution in [0.2, 0.25) is 0 Å². The van der Waals surface area contributed by atoms with E-state index >= 15 is 0 Å². The maximum Gasteiger partial charge on any atom is 0.149 e. The van der Waals surface area contributed by atoms with Gasteiger partial charge in [-0.15, -0.1) is 0 Å². The molecule has 4 heteroatoms. The van der Waals surface area contributed by atoms with E-state index in [9.17, 15) is 0 Å². The number of benzene rings is 1. The van der Waals surface area contributed by atoms with Crippen molar-refractivity contribution in [1.82, 2.24) is 4.98 Å². The second-order valence-electron chi connectivity index (χ2n) is 4.23. The van der Waals surface area contributed by atoms with Crippen LogP contribution in [0.5, 0.6) is 0 Å². The van der Waals surface area contributed by atoms with Gasteiger partial charge in [0.05, 0.1) is 5.69 Å². The summed E-state index contributed by atoms with van der Waals surface area (Å²) in [5.74, 6) is 1.19. The number of nitrogen functional groups attached to an aromatic ring is 2. The molecule has 1 aromatic carbocycles. The first-order valence-corrected chi connectivity index (χ1v) is 5.98. The van der Waals surface area contributed by atoms with Gasteiger partial charge in [-0.05, 0) is 43.7 Å². The van der Waals surface area contributed by atoms with Crippen molar-refractivity contribution in [2.24, 2.45) is 0 Å². The molecule has 4 nitrogen and oxygen atoms in total. The van der Waals surface area contributed by atoms with Crippen molar-refractivity contribution >= 4 is 23.0 Å². The standard InChI is InChI=1S/C14H18N4/c1-3-18(11-6-4-5-10(2)9-11)13-8-7-12(15)14(16)17-13/h4-9H,3,15H2,1-2H3,(H2,16,17). The number of hydrogen-bond donors (Lipinski definition) is 2. The highest BCUT2D eigenvalue weighted by atomic mass is 15.2. The lowest BCUT2D eigenvalue weighted by atomic mass is 10.2. The molecule has 2 aromatic rings. The van der Waals surface area contributed by atoms with Crippen LogP contribution in [0.25, 0.3) is 0 Å². The normalized spacial score (nSPS) is 10.3. The molecule has 0 spiro atoms. The summed E-state index contributed by atoms with van der Waals surface area (Å²) in [4.78, 5) is 6.43. The number of nitrogens with two attached hydrogens (primary N) is 2. The highest BCUT2D eigenvalue weighted by molar-refractivity contribution is 5.67. The first kappa shape index (κ1) is 12.2. The zero-order chi connectivity index (χ0) is 13.1. The van der Waals surface area contributed by atoms with E-state index in [1.807, 2.05) is 12.1 Å². The van der Waals surface area contributed by atoms with Crippen molar-refractivity contribution in [3.05, 3.63) is 42.0 Å². The Hall–Kier alpha value is -2.23.